The van der Waals surface area contributed by atoms with Crippen molar-refractivity contribution in [1.29, 1.82) is 5.26 Å². The number of aromatic nitrogens is 2. The van der Waals surface area contributed by atoms with E-state index in [2.05, 4.69) is 36.5 Å². The summed E-state index contributed by atoms with van der Waals surface area (Å²) in [5, 5.41) is 14.3. The summed E-state index contributed by atoms with van der Waals surface area (Å²) in [6.45, 7) is 5.52. The SMILES string of the molecule is CC(C)(C)NC(=O)/C(C#N)=C\Nc1ncc(Br)cn1. The number of anilines is 1. The summed E-state index contributed by atoms with van der Waals surface area (Å²) in [7, 11) is 0. The van der Waals surface area contributed by atoms with E-state index in [0.29, 0.717) is 5.95 Å². The highest BCUT2D eigenvalue weighted by Gasteiger charge is 2.17. The zero-order valence-corrected chi connectivity index (χ0v) is 12.4. The van der Waals surface area contributed by atoms with Crippen LogP contribution in [0.15, 0.2) is 28.6 Å². The van der Waals surface area contributed by atoms with Gasteiger partial charge < -0.3 is 10.6 Å². The summed E-state index contributed by atoms with van der Waals surface area (Å²) in [6.07, 6.45) is 4.40. The molecule has 1 rings (SSSR count). The van der Waals surface area contributed by atoms with E-state index in [1.807, 2.05) is 26.8 Å². The molecular weight excluding hydrogens is 310 g/mol. The molecule has 0 aliphatic carbocycles. The lowest BCUT2D eigenvalue weighted by Crippen LogP contribution is -2.41. The molecule has 0 aliphatic heterocycles. The van der Waals surface area contributed by atoms with Crippen molar-refractivity contribution in [3.05, 3.63) is 28.6 Å². The molecule has 1 amide bonds. The fraction of sp³-hybridized carbons (Fsp3) is 0.333. The lowest BCUT2D eigenvalue weighted by Gasteiger charge is -2.19. The first-order valence-corrected chi connectivity index (χ1v) is 6.28. The van der Waals surface area contributed by atoms with Gasteiger partial charge in [-0.15, -0.1) is 0 Å². The molecule has 2 N–H and O–H groups in total. The largest absolute Gasteiger partial charge is 0.347 e. The normalized spacial score (nSPS) is 11.6. The summed E-state index contributed by atoms with van der Waals surface area (Å²) in [4.78, 5) is 19.7. The van der Waals surface area contributed by atoms with Crippen molar-refractivity contribution in [2.24, 2.45) is 0 Å². The number of amides is 1. The van der Waals surface area contributed by atoms with Gasteiger partial charge in [-0.05, 0) is 36.7 Å². The highest BCUT2D eigenvalue weighted by Crippen LogP contribution is 2.07. The number of carbonyl (C=O) groups excluding carboxylic acids is 1. The Hall–Kier alpha value is -1.94. The number of nitriles is 1. The number of carbonyl (C=O) groups is 1. The third-order valence-electron chi connectivity index (χ3n) is 1.82. The summed E-state index contributed by atoms with van der Waals surface area (Å²) in [5.41, 5.74) is -0.442. The monoisotopic (exact) mass is 323 g/mol. The van der Waals surface area contributed by atoms with Gasteiger partial charge in [0.1, 0.15) is 11.6 Å². The third-order valence-corrected chi connectivity index (χ3v) is 2.23. The number of hydrogen-bond acceptors (Lipinski definition) is 5. The van der Waals surface area contributed by atoms with Crippen LogP contribution in [0.2, 0.25) is 0 Å². The summed E-state index contributed by atoms with van der Waals surface area (Å²) >= 11 is 3.21. The molecule has 0 aliphatic rings. The minimum Gasteiger partial charge on any atom is -0.347 e. The molecule has 1 aromatic heterocycles. The molecule has 0 spiro atoms. The lowest BCUT2D eigenvalue weighted by atomic mass is 10.1. The summed E-state index contributed by atoms with van der Waals surface area (Å²) in [6, 6.07) is 1.83. The molecule has 0 bridgehead atoms. The molecule has 19 heavy (non-hydrogen) atoms. The van der Waals surface area contributed by atoms with Crippen LogP contribution in [-0.2, 0) is 4.79 Å². The fourth-order valence-electron chi connectivity index (χ4n) is 1.08. The molecule has 1 aromatic rings. The van der Waals surface area contributed by atoms with E-state index < -0.39 is 11.4 Å². The molecule has 1 heterocycles. The predicted octanol–water partition coefficient (Wildman–Crippen LogP) is 1.97. The highest BCUT2D eigenvalue weighted by molar-refractivity contribution is 9.10. The van der Waals surface area contributed by atoms with Gasteiger partial charge in [0.15, 0.2) is 0 Å². The maximum absolute atomic E-state index is 11.8. The average molecular weight is 324 g/mol. The van der Waals surface area contributed by atoms with Gasteiger partial charge in [-0.1, -0.05) is 0 Å². The number of nitrogens with zero attached hydrogens (tertiary/aromatic N) is 3. The van der Waals surface area contributed by atoms with Crippen LogP contribution in [-0.4, -0.2) is 21.4 Å². The van der Waals surface area contributed by atoms with Crippen molar-refractivity contribution in [2.75, 3.05) is 5.32 Å². The lowest BCUT2D eigenvalue weighted by molar-refractivity contribution is -0.118. The fourth-order valence-corrected chi connectivity index (χ4v) is 1.28. The Balaban J connectivity index is 2.75. The van der Waals surface area contributed by atoms with E-state index in [9.17, 15) is 4.79 Å². The smallest absolute Gasteiger partial charge is 0.263 e. The first kappa shape index (κ1) is 15.1. The van der Waals surface area contributed by atoms with Gasteiger partial charge >= 0.3 is 0 Å². The van der Waals surface area contributed by atoms with Crippen molar-refractivity contribution in [2.45, 2.75) is 26.3 Å². The van der Waals surface area contributed by atoms with Gasteiger partial charge in [0, 0.05) is 24.1 Å². The zero-order valence-electron chi connectivity index (χ0n) is 10.9. The van der Waals surface area contributed by atoms with Crippen LogP contribution < -0.4 is 10.6 Å². The van der Waals surface area contributed by atoms with Gasteiger partial charge in [0.2, 0.25) is 5.95 Å². The first-order chi connectivity index (χ1) is 8.81. The standard InChI is InChI=1S/C12H14BrN5O/c1-12(2,3)18-10(19)8(4-14)5-15-11-16-6-9(13)7-17-11/h5-7H,1-3H3,(H,18,19)(H,15,16,17)/b8-5-. The van der Waals surface area contributed by atoms with Crippen LogP contribution in [0, 0.1) is 11.3 Å². The van der Waals surface area contributed by atoms with Gasteiger partial charge in [-0.3, -0.25) is 4.79 Å². The molecular formula is C12H14BrN5O. The Morgan fingerprint density at radius 1 is 1.42 bits per heavy atom. The molecule has 100 valence electrons. The van der Waals surface area contributed by atoms with Gasteiger partial charge in [-0.25, -0.2) is 9.97 Å². The van der Waals surface area contributed by atoms with E-state index >= 15 is 0 Å². The Bertz CT molecular complexity index is 525. The van der Waals surface area contributed by atoms with Crippen molar-refractivity contribution in [3.8, 4) is 6.07 Å². The molecule has 0 saturated carbocycles. The summed E-state index contributed by atoms with van der Waals surface area (Å²) in [5.74, 6) is -0.140. The second-order valence-corrected chi connectivity index (χ2v) is 5.66. The van der Waals surface area contributed by atoms with Crippen LogP contribution in [0.5, 0.6) is 0 Å². The molecule has 0 aromatic carbocycles. The Labute approximate surface area is 120 Å². The quantitative estimate of drug-likeness (QED) is 0.655. The maximum Gasteiger partial charge on any atom is 0.263 e. The van der Waals surface area contributed by atoms with E-state index in [-0.39, 0.29) is 5.57 Å². The molecule has 0 unspecified atom stereocenters. The third kappa shape index (κ3) is 5.48. The molecule has 7 heteroatoms. The van der Waals surface area contributed by atoms with Gasteiger partial charge in [-0.2, -0.15) is 5.26 Å². The van der Waals surface area contributed by atoms with Crippen molar-refractivity contribution in [1.82, 2.24) is 15.3 Å². The minimum atomic E-state index is -0.445. The van der Waals surface area contributed by atoms with Crippen LogP contribution in [0.25, 0.3) is 0 Å². The number of rotatable bonds is 3. The number of hydrogen-bond donors (Lipinski definition) is 2. The zero-order chi connectivity index (χ0) is 14.5. The second-order valence-electron chi connectivity index (χ2n) is 4.74. The Morgan fingerprint density at radius 3 is 2.47 bits per heavy atom. The van der Waals surface area contributed by atoms with E-state index in [1.165, 1.54) is 6.20 Å². The predicted molar refractivity (Wildman–Crippen MR) is 74.9 cm³/mol. The molecule has 6 nitrogen and oxygen atoms in total. The van der Waals surface area contributed by atoms with E-state index in [4.69, 9.17) is 5.26 Å². The van der Waals surface area contributed by atoms with Crippen LogP contribution in [0.3, 0.4) is 0 Å². The molecule has 0 fully saturated rings. The van der Waals surface area contributed by atoms with Crippen molar-refractivity contribution < 1.29 is 4.79 Å². The maximum atomic E-state index is 11.8. The van der Waals surface area contributed by atoms with Gasteiger partial charge in [0.05, 0.1) is 4.47 Å². The first-order valence-electron chi connectivity index (χ1n) is 5.49. The summed E-state index contributed by atoms with van der Waals surface area (Å²) < 4.78 is 0.744. The topological polar surface area (TPSA) is 90.7 Å². The highest BCUT2D eigenvalue weighted by atomic mass is 79.9. The van der Waals surface area contributed by atoms with Crippen LogP contribution in [0.1, 0.15) is 20.8 Å². The van der Waals surface area contributed by atoms with E-state index in [1.54, 1.807) is 12.4 Å². The number of nitrogens with one attached hydrogen (secondary N) is 2. The molecule has 0 radical (unpaired) electrons. The van der Waals surface area contributed by atoms with E-state index in [0.717, 1.165) is 4.47 Å². The molecule has 0 saturated heterocycles. The van der Waals surface area contributed by atoms with Crippen molar-refractivity contribution in [3.63, 3.8) is 0 Å². The van der Waals surface area contributed by atoms with Gasteiger partial charge in [0.25, 0.3) is 5.91 Å². The van der Waals surface area contributed by atoms with Crippen LogP contribution >= 0.6 is 15.9 Å². The molecule has 0 atom stereocenters. The second kappa shape index (κ2) is 6.29. The van der Waals surface area contributed by atoms with Crippen molar-refractivity contribution >= 4 is 27.8 Å². The Kier molecular flexibility index (Phi) is 5.01. The minimum absolute atomic E-state index is 0.0403. The number of halogens is 1. The average Bonchev–Trinajstić information content (AvgIpc) is 2.30. The van der Waals surface area contributed by atoms with Crippen LogP contribution in [0.4, 0.5) is 5.95 Å². The Morgan fingerprint density at radius 2 is 2.00 bits per heavy atom.